The highest BCUT2D eigenvalue weighted by molar-refractivity contribution is 5.28. The van der Waals surface area contributed by atoms with Gasteiger partial charge in [0, 0.05) is 12.1 Å². The summed E-state index contributed by atoms with van der Waals surface area (Å²) in [6.45, 7) is 5.40. The van der Waals surface area contributed by atoms with E-state index in [2.05, 4.69) is 37.4 Å². The fourth-order valence-electron chi connectivity index (χ4n) is 3.08. The Morgan fingerprint density at radius 3 is 2.22 bits per heavy atom. The molecule has 0 amide bonds. The molecule has 1 aromatic carbocycles. The average Bonchev–Trinajstić information content (AvgIpc) is 2.36. The Bertz CT molecular complexity index is 374. The van der Waals surface area contributed by atoms with Crippen LogP contribution in [0.4, 0.5) is 0 Å². The highest BCUT2D eigenvalue weighted by Crippen LogP contribution is 2.28. The van der Waals surface area contributed by atoms with Gasteiger partial charge in [0.1, 0.15) is 0 Å². The third-order valence-electron chi connectivity index (χ3n) is 4.06. The molecule has 1 aliphatic rings. The lowest BCUT2D eigenvalue weighted by Crippen LogP contribution is -2.49. The predicted molar refractivity (Wildman–Crippen MR) is 75.7 cm³/mol. The summed E-state index contributed by atoms with van der Waals surface area (Å²) in [5.74, 6) is 0. The smallest absolute Gasteiger partial charge is 0.0613 e. The van der Waals surface area contributed by atoms with E-state index in [0.29, 0.717) is 0 Å². The van der Waals surface area contributed by atoms with Crippen LogP contribution in [0, 0.1) is 13.8 Å². The SMILES string of the molecule is Cc1cc(C)cc(CNC2(CO)CCCCC2)c1. The second-order valence-electron chi connectivity index (χ2n) is 5.85. The van der Waals surface area contributed by atoms with Crippen molar-refractivity contribution < 1.29 is 5.11 Å². The number of aryl methyl sites for hydroxylation is 2. The third kappa shape index (κ3) is 3.33. The molecule has 0 aliphatic heterocycles. The Hall–Kier alpha value is -0.860. The number of rotatable bonds is 4. The summed E-state index contributed by atoms with van der Waals surface area (Å²) in [6.07, 6.45) is 6.00. The number of hydrogen-bond donors (Lipinski definition) is 2. The first-order valence-electron chi connectivity index (χ1n) is 7.07. The van der Waals surface area contributed by atoms with Crippen LogP contribution in [0.1, 0.15) is 48.8 Å². The largest absolute Gasteiger partial charge is 0.394 e. The zero-order valence-electron chi connectivity index (χ0n) is 11.6. The van der Waals surface area contributed by atoms with Gasteiger partial charge in [0.2, 0.25) is 0 Å². The van der Waals surface area contributed by atoms with Gasteiger partial charge < -0.3 is 10.4 Å². The van der Waals surface area contributed by atoms with E-state index in [4.69, 9.17) is 0 Å². The fourth-order valence-corrected chi connectivity index (χ4v) is 3.08. The molecule has 100 valence electrons. The van der Waals surface area contributed by atoms with Crippen LogP contribution in [-0.4, -0.2) is 17.3 Å². The van der Waals surface area contributed by atoms with Crippen molar-refractivity contribution in [3.63, 3.8) is 0 Å². The van der Waals surface area contributed by atoms with Gasteiger partial charge in [-0.3, -0.25) is 0 Å². The fraction of sp³-hybridized carbons (Fsp3) is 0.625. The highest BCUT2D eigenvalue weighted by atomic mass is 16.3. The molecule has 2 heteroatoms. The van der Waals surface area contributed by atoms with Gasteiger partial charge in [-0.05, 0) is 32.3 Å². The lowest BCUT2D eigenvalue weighted by Gasteiger charge is -2.36. The van der Waals surface area contributed by atoms with Crippen molar-refractivity contribution in [2.45, 2.75) is 58.0 Å². The van der Waals surface area contributed by atoms with E-state index >= 15 is 0 Å². The van der Waals surface area contributed by atoms with Crippen molar-refractivity contribution in [3.8, 4) is 0 Å². The number of hydrogen-bond acceptors (Lipinski definition) is 2. The summed E-state index contributed by atoms with van der Waals surface area (Å²) >= 11 is 0. The summed E-state index contributed by atoms with van der Waals surface area (Å²) in [5.41, 5.74) is 3.92. The first-order chi connectivity index (χ1) is 8.63. The Labute approximate surface area is 110 Å². The van der Waals surface area contributed by atoms with Crippen molar-refractivity contribution in [1.82, 2.24) is 5.32 Å². The average molecular weight is 247 g/mol. The number of aliphatic hydroxyl groups excluding tert-OH is 1. The van der Waals surface area contributed by atoms with Crippen molar-refractivity contribution in [3.05, 3.63) is 34.9 Å². The monoisotopic (exact) mass is 247 g/mol. The summed E-state index contributed by atoms with van der Waals surface area (Å²) in [4.78, 5) is 0. The second-order valence-corrected chi connectivity index (χ2v) is 5.85. The molecule has 1 aliphatic carbocycles. The highest BCUT2D eigenvalue weighted by Gasteiger charge is 2.30. The second kappa shape index (κ2) is 5.85. The lowest BCUT2D eigenvalue weighted by atomic mass is 9.82. The topological polar surface area (TPSA) is 32.3 Å². The van der Waals surface area contributed by atoms with Gasteiger partial charge in [-0.1, -0.05) is 48.6 Å². The summed E-state index contributed by atoms with van der Waals surface area (Å²) in [6, 6.07) is 6.66. The van der Waals surface area contributed by atoms with Crippen LogP contribution in [0.3, 0.4) is 0 Å². The van der Waals surface area contributed by atoms with Crippen molar-refractivity contribution in [1.29, 1.82) is 0 Å². The summed E-state index contributed by atoms with van der Waals surface area (Å²) in [5, 5.41) is 13.3. The van der Waals surface area contributed by atoms with Crippen LogP contribution < -0.4 is 5.32 Å². The molecule has 0 bridgehead atoms. The normalized spacial score (nSPS) is 18.8. The molecule has 0 spiro atoms. The predicted octanol–water partition coefficient (Wildman–Crippen LogP) is 3.09. The molecule has 0 saturated heterocycles. The molecule has 1 saturated carbocycles. The van der Waals surface area contributed by atoms with E-state index in [-0.39, 0.29) is 12.1 Å². The molecule has 18 heavy (non-hydrogen) atoms. The Kier molecular flexibility index (Phi) is 4.41. The van der Waals surface area contributed by atoms with Crippen LogP contribution >= 0.6 is 0 Å². The van der Waals surface area contributed by atoms with Gasteiger partial charge >= 0.3 is 0 Å². The molecule has 0 aromatic heterocycles. The van der Waals surface area contributed by atoms with Crippen LogP contribution in [0.2, 0.25) is 0 Å². The summed E-state index contributed by atoms with van der Waals surface area (Å²) < 4.78 is 0. The molecule has 1 aromatic rings. The lowest BCUT2D eigenvalue weighted by molar-refractivity contribution is 0.119. The quantitative estimate of drug-likeness (QED) is 0.857. The molecule has 0 heterocycles. The molecule has 0 atom stereocenters. The minimum absolute atomic E-state index is 0.0318. The molecule has 2 nitrogen and oxygen atoms in total. The van der Waals surface area contributed by atoms with E-state index in [1.54, 1.807) is 0 Å². The third-order valence-corrected chi connectivity index (χ3v) is 4.06. The first-order valence-corrected chi connectivity index (χ1v) is 7.07. The standard InChI is InChI=1S/C16H25NO/c1-13-8-14(2)10-15(9-13)11-17-16(12-18)6-4-3-5-7-16/h8-10,17-18H,3-7,11-12H2,1-2H3. The first kappa shape index (κ1) is 13.6. The Balaban J connectivity index is 2.00. The van der Waals surface area contributed by atoms with Crippen LogP contribution in [0.15, 0.2) is 18.2 Å². The summed E-state index contributed by atoms with van der Waals surface area (Å²) in [7, 11) is 0. The van der Waals surface area contributed by atoms with Gasteiger partial charge in [0.05, 0.1) is 6.61 Å². The van der Waals surface area contributed by atoms with Crippen LogP contribution in [0.25, 0.3) is 0 Å². The van der Waals surface area contributed by atoms with E-state index in [1.165, 1.54) is 36.0 Å². The molecular weight excluding hydrogens is 222 g/mol. The van der Waals surface area contributed by atoms with Crippen LogP contribution in [-0.2, 0) is 6.54 Å². The number of benzene rings is 1. The maximum Gasteiger partial charge on any atom is 0.0613 e. The zero-order chi connectivity index (χ0) is 13.0. The molecule has 1 fully saturated rings. The van der Waals surface area contributed by atoms with Gasteiger partial charge in [-0.2, -0.15) is 0 Å². The molecule has 0 radical (unpaired) electrons. The number of aliphatic hydroxyl groups is 1. The zero-order valence-corrected chi connectivity index (χ0v) is 11.6. The van der Waals surface area contributed by atoms with E-state index in [9.17, 15) is 5.11 Å². The van der Waals surface area contributed by atoms with Gasteiger partial charge in [-0.15, -0.1) is 0 Å². The van der Waals surface area contributed by atoms with Crippen molar-refractivity contribution in [2.75, 3.05) is 6.61 Å². The van der Waals surface area contributed by atoms with Gasteiger partial charge in [0.25, 0.3) is 0 Å². The maximum atomic E-state index is 9.67. The van der Waals surface area contributed by atoms with Gasteiger partial charge in [-0.25, -0.2) is 0 Å². The minimum atomic E-state index is -0.0318. The Morgan fingerprint density at radius 1 is 1.06 bits per heavy atom. The van der Waals surface area contributed by atoms with E-state index in [0.717, 1.165) is 19.4 Å². The van der Waals surface area contributed by atoms with Crippen LogP contribution in [0.5, 0.6) is 0 Å². The molecule has 0 unspecified atom stereocenters. The van der Waals surface area contributed by atoms with Crippen molar-refractivity contribution >= 4 is 0 Å². The maximum absolute atomic E-state index is 9.67. The number of nitrogens with one attached hydrogen (secondary N) is 1. The molecular formula is C16H25NO. The molecule has 2 N–H and O–H groups in total. The van der Waals surface area contributed by atoms with E-state index in [1.807, 2.05) is 0 Å². The minimum Gasteiger partial charge on any atom is -0.394 e. The Morgan fingerprint density at radius 2 is 1.67 bits per heavy atom. The van der Waals surface area contributed by atoms with E-state index < -0.39 is 0 Å². The molecule has 2 rings (SSSR count). The van der Waals surface area contributed by atoms with Crippen molar-refractivity contribution in [2.24, 2.45) is 0 Å². The van der Waals surface area contributed by atoms with Gasteiger partial charge in [0.15, 0.2) is 0 Å².